The Kier molecular flexibility index (Phi) is 3.29. The van der Waals surface area contributed by atoms with E-state index in [0.717, 1.165) is 20.9 Å². The molecule has 0 aliphatic carbocycles. The maximum Gasteiger partial charge on any atom is 0.181 e. The van der Waals surface area contributed by atoms with Crippen molar-refractivity contribution in [2.75, 3.05) is 5.73 Å². The third-order valence-electron chi connectivity index (χ3n) is 1.94. The summed E-state index contributed by atoms with van der Waals surface area (Å²) in [5, 5.41) is 1.34. The number of nitrogens with two attached hydrogens (primary N) is 1. The number of anilines is 1. The molecule has 0 amide bonds. The molecule has 0 unspecified atom stereocenters. The fourth-order valence-electron chi connectivity index (χ4n) is 1.25. The van der Waals surface area contributed by atoms with Crippen molar-refractivity contribution in [1.82, 2.24) is 4.98 Å². The fraction of sp³-hybridized carbons (Fsp3) is 0.100. The van der Waals surface area contributed by atoms with E-state index in [4.69, 9.17) is 17.3 Å². The quantitative estimate of drug-likeness (QED) is 0.918. The first-order valence-electron chi connectivity index (χ1n) is 4.30. The van der Waals surface area contributed by atoms with E-state index in [2.05, 4.69) is 20.9 Å². The molecule has 2 rings (SSSR count). The van der Waals surface area contributed by atoms with E-state index in [1.54, 1.807) is 0 Å². The van der Waals surface area contributed by atoms with Crippen LogP contribution in [0, 0.1) is 0 Å². The van der Waals surface area contributed by atoms with Gasteiger partial charge in [-0.3, -0.25) is 0 Å². The lowest BCUT2D eigenvalue weighted by atomic mass is 10.1. The highest BCUT2D eigenvalue weighted by Gasteiger charge is 2.07. The van der Waals surface area contributed by atoms with Gasteiger partial charge in [0, 0.05) is 16.3 Å². The van der Waals surface area contributed by atoms with E-state index in [1.165, 1.54) is 16.9 Å². The fourth-order valence-corrected chi connectivity index (χ4v) is 2.82. The third-order valence-corrected chi connectivity index (χ3v) is 4.00. The van der Waals surface area contributed by atoms with Gasteiger partial charge in [-0.15, -0.1) is 11.3 Å². The number of nitrogen functional groups attached to an aromatic ring is 1. The Bertz CT molecular complexity index is 467. The lowest BCUT2D eigenvalue weighted by Gasteiger charge is -1.98. The molecule has 0 aliphatic heterocycles. The molecule has 0 saturated heterocycles. The summed E-state index contributed by atoms with van der Waals surface area (Å²) in [7, 11) is 0. The molecule has 0 radical (unpaired) electrons. The number of benzene rings is 1. The SMILES string of the molecule is Nc1nc(Br)c(Cc2ccc(Cl)cc2)s1. The molecule has 0 spiro atoms. The summed E-state index contributed by atoms with van der Waals surface area (Å²) in [5.74, 6) is 0. The molecule has 1 aromatic carbocycles. The molecule has 1 aromatic heterocycles. The second kappa shape index (κ2) is 4.51. The van der Waals surface area contributed by atoms with Gasteiger partial charge in [0.05, 0.1) is 0 Å². The molecule has 2 aromatic rings. The highest BCUT2D eigenvalue weighted by molar-refractivity contribution is 9.10. The van der Waals surface area contributed by atoms with Crippen molar-refractivity contribution in [2.24, 2.45) is 0 Å². The molecule has 0 fully saturated rings. The summed E-state index contributed by atoms with van der Waals surface area (Å²) in [6.45, 7) is 0. The van der Waals surface area contributed by atoms with Gasteiger partial charge in [0.1, 0.15) is 4.60 Å². The molecule has 0 saturated carbocycles. The highest BCUT2D eigenvalue weighted by atomic mass is 79.9. The minimum absolute atomic E-state index is 0.589. The van der Waals surface area contributed by atoms with Crippen molar-refractivity contribution in [2.45, 2.75) is 6.42 Å². The molecule has 0 atom stereocenters. The van der Waals surface area contributed by atoms with Crippen molar-refractivity contribution in [1.29, 1.82) is 0 Å². The Morgan fingerprint density at radius 1 is 1.33 bits per heavy atom. The van der Waals surface area contributed by atoms with Gasteiger partial charge in [0.15, 0.2) is 5.13 Å². The van der Waals surface area contributed by atoms with Gasteiger partial charge in [-0.1, -0.05) is 23.7 Å². The van der Waals surface area contributed by atoms with Crippen molar-refractivity contribution in [3.05, 3.63) is 44.3 Å². The molecule has 78 valence electrons. The lowest BCUT2D eigenvalue weighted by Crippen LogP contribution is -1.84. The highest BCUT2D eigenvalue weighted by Crippen LogP contribution is 2.27. The van der Waals surface area contributed by atoms with Gasteiger partial charge in [-0.25, -0.2) is 4.98 Å². The summed E-state index contributed by atoms with van der Waals surface area (Å²) < 4.78 is 0.833. The van der Waals surface area contributed by atoms with Crippen molar-refractivity contribution in [3.63, 3.8) is 0 Å². The number of aromatic nitrogens is 1. The van der Waals surface area contributed by atoms with E-state index < -0.39 is 0 Å². The molecule has 0 bridgehead atoms. The van der Waals surface area contributed by atoms with E-state index in [0.29, 0.717) is 5.13 Å². The summed E-state index contributed by atoms with van der Waals surface area (Å²) in [5.41, 5.74) is 6.81. The van der Waals surface area contributed by atoms with Crippen molar-refractivity contribution in [3.8, 4) is 0 Å². The van der Waals surface area contributed by atoms with E-state index >= 15 is 0 Å². The Morgan fingerprint density at radius 3 is 2.53 bits per heavy atom. The number of thiazole rings is 1. The molecular weight excluding hydrogens is 296 g/mol. The van der Waals surface area contributed by atoms with Crippen molar-refractivity contribution < 1.29 is 0 Å². The Hall–Kier alpha value is -0.580. The number of hydrogen-bond acceptors (Lipinski definition) is 3. The van der Waals surface area contributed by atoms with Crippen LogP contribution in [0.2, 0.25) is 5.02 Å². The van der Waals surface area contributed by atoms with Crippen LogP contribution >= 0.6 is 38.9 Å². The van der Waals surface area contributed by atoms with Crippen LogP contribution < -0.4 is 5.73 Å². The van der Waals surface area contributed by atoms with Crippen LogP contribution in [-0.2, 0) is 6.42 Å². The van der Waals surface area contributed by atoms with Crippen LogP contribution in [-0.4, -0.2) is 4.98 Å². The smallest absolute Gasteiger partial charge is 0.181 e. The minimum Gasteiger partial charge on any atom is -0.375 e. The summed E-state index contributed by atoms with van der Waals surface area (Å²) in [6.07, 6.45) is 0.826. The molecule has 15 heavy (non-hydrogen) atoms. The van der Waals surface area contributed by atoms with E-state index in [-0.39, 0.29) is 0 Å². The molecular formula is C10H8BrClN2S. The van der Waals surface area contributed by atoms with Gasteiger partial charge < -0.3 is 5.73 Å². The van der Waals surface area contributed by atoms with Crippen LogP contribution in [0.4, 0.5) is 5.13 Å². The monoisotopic (exact) mass is 302 g/mol. The summed E-state index contributed by atoms with van der Waals surface area (Å²) in [6, 6.07) is 7.78. The largest absolute Gasteiger partial charge is 0.375 e. The Labute approximate surface area is 105 Å². The van der Waals surface area contributed by atoms with Gasteiger partial charge in [0.2, 0.25) is 0 Å². The maximum absolute atomic E-state index is 5.81. The average molecular weight is 304 g/mol. The zero-order valence-electron chi connectivity index (χ0n) is 7.71. The minimum atomic E-state index is 0.589. The number of hydrogen-bond donors (Lipinski definition) is 1. The van der Waals surface area contributed by atoms with Crippen LogP contribution in [0.25, 0.3) is 0 Å². The van der Waals surface area contributed by atoms with Crippen molar-refractivity contribution >= 4 is 44.0 Å². The normalized spacial score (nSPS) is 10.5. The zero-order valence-corrected chi connectivity index (χ0v) is 10.9. The zero-order chi connectivity index (χ0) is 10.8. The van der Waals surface area contributed by atoms with E-state index in [9.17, 15) is 0 Å². The molecule has 5 heteroatoms. The van der Waals surface area contributed by atoms with Gasteiger partial charge in [0.25, 0.3) is 0 Å². The predicted octanol–water partition coefficient (Wildman–Crippen LogP) is 3.73. The third kappa shape index (κ3) is 2.71. The van der Waals surface area contributed by atoms with Gasteiger partial charge in [-0.05, 0) is 33.6 Å². The second-order valence-corrected chi connectivity index (χ2v) is 5.37. The first-order chi connectivity index (χ1) is 7.15. The standard InChI is InChI=1S/C10H8BrClN2S/c11-9-8(15-10(13)14-9)5-6-1-3-7(12)4-2-6/h1-4H,5H2,(H2,13,14). The second-order valence-electron chi connectivity index (χ2n) is 3.07. The summed E-state index contributed by atoms with van der Waals surface area (Å²) >= 11 is 10.7. The lowest BCUT2D eigenvalue weighted by molar-refractivity contribution is 1.19. The number of halogens is 2. The van der Waals surface area contributed by atoms with E-state index in [1.807, 2.05) is 24.3 Å². The molecule has 1 heterocycles. The van der Waals surface area contributed by atoms with Gasteiger partial charge in [-0.2, -0.15) is 0 Å². The number of nitrogens with zero attached hydrogens (tertiary/aromatic N) is 1. The first kappa shape index (κ1) is 10.9. The first-order valence-corrected chi connectivity index (χ1v) is 6.29. The number of rotatable bonds is 2. The van der Waals surface area contributed by atoms with Gasteiger partial charge >= 0.3 is 0 Å². The topological polar surface area (TPSA) is 38.9 Å². The molecule has 0 aliphatic rings. The Balaban J connectivity index is 2.21. The van der Waals surface area contributed by atoms with Crippen LogP contribution in [0.15, 0.2) is 28.9 Å². The maximum atomic E-state index is 5.81. The molecule has 2 N–H and O–H groups in total. The molecule has 2 nitrogen and oxygen atoms in total. The summed E-state index contributed by atoms with van der Waals surface area (Å²) in [4.78, 5) is 5.25. The van der Waals surface area contributed by atoms with Crippen LogP contribution in [0.1, 0.15) is 10.4 Å². The van der Waals surface area contributed by atoms with Crippen LogP contribution in [0.5, 0.6) is 0 Å². The predicted molar refractivity (Wildman–Crippen MR) is 68.5 cm³/mol. The Morgan fingerprint density at radius 2 is 2.00 bits per heavy atom. The van der Waals surface area contributed by atoms with Crippen LogP contribution in [0.3, 0.4) is 0 Å². The average Bonchev–Trinajstić information content (AvgIpc) is 2.49.